The highest BCUT2D eigenvalue weighted by molar-refractivity contribution is 6.04. The molecule has 1 saturated carbocycles. The highest BCUT2D eigenvalue weighted by Crippen LogP contribution is 2.28. The second-order valence-corrected chi connectivity index (χ2v) is 4.63. The van der Waals surface area contributed by atoms with Crippen LogP contribution >= 0.6 is 0 Å². The number of rotatable bonds is 3. The number of anilines is 1. The molecule has 1 fully saturated rings. The summed E-state index contributed by atoms with van der Waals surface area (Å²) < 4.78 is 0. The summed E-state index contributed by atoms with van der Waals surface area (Å²) >= 11 is 0. The van der Waals surface area contributed by atoms with E-state index in [4.69, 9.17) is 0 Å². The summed E-state index contributed by atoms with van der Waals surface area (Å²) in [6.07, 6.45) is 2.54. The maximum atomic E-state index is 11.8. The van der Waals surface area contributed by atoms with Crippen LogP contribution in [0.3, 0.4) is 0 Å². The van der Waals surface area contributed by atoms with Crippen molar-refractivity contribution in [3.05, 3.63) is 29.8 Å². The van der Waals surface area contributed by atoms with Crippen LogP contribution in [-0.2, 0) is 16.0 Å². The quantitative estimate of drug-likeness (QED) is 0.837. The lowest BCUT2D eigenvalue weighted by Crippen LogP contribution is -2.39. The van der Waals surface area contributed by atoms with E-state index in [2.05, 4.69) is 5.32 Å². The summed E-state index contributed by atoms with van der Waals surface area (Å²) in [7, 11) is 0. The van der Waals surface area contributed by atoms with E-state index in [1.165, 1.54) is 0 Å². The number of para-hydroxylation sites is 1. The highest BCUT2D eigenvalue weighted by Gasteiger charge is 2.30. The number of carbonyl (C=O) groups excluding carboxylic acids is 2. The van der Waals surface area contributed by atoms with Gasteiger partial charge in [-0.1, -0.05) is 18.2 Å². The van der Waals surface area contributed by atoms with Crippen molar-refractivity contribution in [1.29, 1.82) is 0 Å². The van der Waals surface area contributed by atoms with E-state index >= 15 is 0 Å². The molecule has 1 aromatic carbocycles. The number of fused-ring (bicyclic) bond motifs is 1. The summed E-state index contributed by atoms with van der Waals surface area (Å²) in [6.45, 7) is 0.145. The summed E-state index contributed by atoms with van der Waals surface area (Å²) in [5.41, 5.74) is 1.89. The molecule has 4 nitrogen and oxygen atoms in total. The van der Waals surface area contributed by atoms with Gasteiger partial charge in [0.2, 0.25) is 11.8 Å². The number of hydrogen-bond acceptors (Lipinski definition) is 2. The first-order valence-corrected chi connectivity index (χ1v) is 5.91. The Hall–Kier alpha value is -1.84. The molecule has 0 spiro atoms. The molecule has 0 radical (unpaired) electrons. The van der Waals surface area contributed by atoms with Gasteiger partial charge in [-0.25, -0.2) is 0 Å². The molecular formula is C13H14N2O2. The number of hydrogen-bond donors (Lipinski definition) is 1. The van der Waals surface area contributed by atoms with Gasteiger partial charge in [0.1, 0.15) is 6.54 Å². The Kier molecular flexibility index (Phi) is 2.35. The minimum Gasteiger partial charge on any atom is -0.352 e. The molecule has 1 aromatic rings. The van der Waals surface area contributed by atoms with Crippen molar-refractivity contribution in [2.45, 2.75) is 25.3 Å². The van der Waals surface area contributed by atoms with Gasteiger partial charge in [0, 0.05) is 11.7 Å². The van der Waals surface area contributed by atoms with Crippen LogP contribution in [0.5, 0.6) is 0 Å². The fourth-order valence-corrected chi connectivity index (χ4v) is 2.13. The average Bonchev–Trinajstić information content (AvgIpc) is 3.05. The van der Waals surface area contributed by atoms with Gasteiger partial charge < -0.3 is 10.2 Å². The van der Waals surface area contributed by atoms with Gasteiger partial charge in [-0.3, -0.25) is 9.59 Å². The van der Waals surface area contributed by atoms with Crippen molar-refractivity contribution in [2.75, 3.05) is 11.4 Å². The molecule has 3 rings (SSSR count). The molecule has 0 saturated heterocycles. The zero-order valence-electron chi connectivity index (χ0n) is 9.48. The fourth-order valence-electron chi connectivity index (χ4n) is 2.13. The number of nitrogens with one attached hydrogen (secondary N) is 1. The molecule has 2 aliphatic rings. The third kappa shape index (κ3) is 2.02. The zero-order valence-corrected chi connectivity index (χ0v) is 9.48. The van der Waals surface area contributed by atoms with Gasteiger partial charge in [-0.05, 0) is 24.5 Å². The van der Waals surface area contributed by atoms with E-state index < -0.39 is 0 Å². The monoisotopic (exact) mass is 230 g/mol. The summed E-state index contributed by atoms with van der Waals surface area (Å²) in [5.74, 6) is -0.0466. The van der Waals surface area contributed by atoms with Crippen LogP contribution in [0.15, 0.2) is 24.3 Å². The molecule has 0 aromatic heterocycles. The van der Waals surface area contributed by atoms with Crippen molar-refractivity contribution < 1.29 is 9.59 Å². The van der Waals surface area contributed by atoms with Crippen LogP contribution < -0.4 is 10.2 Å². The van der Waals surface area contributed by atoms with Gasteiger partial charge >= 0.3 is 0 Å². The number of amides is 2. The van der Waals surface area contributed by atoms with Gasteiger partial charge in [-0.15, -0.1) is 0 Å². The zero-order chi connectivity index (χ0) is 11.8. The Morgan fingerprint density at radius 3 is 2.88 bits per heavy atom. The van der Waals surface area contributed by atoms with Crippen LogP contribution in [0.4, 0.5) is 5.69 Å². The summed E-state index contributed by atoms with van der Waals surface area (Å²) in [4.78, 5) is 25.1. The summed E-state index contributed by atoms with van der Waals surface area (Å²) in [5, 5.41) is 2.90. The molecule has 88 valence electrons. The topological polar surface area (TPSA) is 49.4 Å². The van der Waals surface area contributed by atoms with Crippen LogP contribution in [0.1, 0.15) is 18.4 Å². The van der Waals surface area contributed by atoms with Crippen molar-refractivity contribution >= 4 is 17.5 Å². The molecular weight excluding hydrogens is 216 g/mol. The second-order valence-electron chi connectivity index (χ2n) is 4.63. The Balaban J connectivity index is 1.74. The minimum absolute atomic E-state index is 0.0112. The van der Waals surface area contributed by atoms with Crippen LogP contribution in [0, 0.1) is 0 Å². The fraction of sp³-hybridized carbons (Fsp3) is 0.385. The largest absolute Gasteiger partial charge is 0.352 e. The molecule has 0 atom stereocenters. The molecule has 1 aliphatic heterocycles. The van der Waals surface area contributed by atoms with Crippen molar-refractivity contribution in [1.82, 2.24) is 5.32 Å². The molecule has 4 heteroatoms. The van der Waals surface area contributed by atoms with E-state index in [-0.39, 0.29) is 18.4 Å². The van der Waals surface area contributed by atoms with E-state index in [0.717, 1.165) is 24.1 Å². The second kappa shape index (κ2) is 3.87. The van der Waals surface area contributed by atoms with Gasteiger partial charge in [-0.2, -0.15) is 0 Å². The molecule has 0 unspecified atom stereocenters. The van der Waals surface area contributed by atoms with Gasteiger partial charge in [0.25, 0.3) is 0 Å². The lowest BCUT2D eigenvalue weighted by atomic mass is 10.2. The molecule has 2 amide bonds. The van der Waals surface area contributed by atoms with Crippen molar-refractivity contribution in [3.63, 3.8) is 0 Å². The Bertz CT molecular complexity index is 480. The number of carbonyl (C=O) groups is 2. The Labute approximate surface area is 99.6 Å². The van der Waals surface area contributed by atoms with Gasteiger partial charge in [0.15, 0.2) is 0 Å². The lowest BCUT2D eigenvalue weighted by Gasteiger charge is -2.16. The first-order valence-electron chi connectivity index (χ1n) is 5.91. The first-order chi connectivity index (χ1) is 8.24. The molecule has 1 aliphatic carbocycles. The highest BCUT2D eigenvalue weighted by atomic mass is 16.2. The Morgan fingerprint density at radius 1 is 1.35 bits per heavy atom. The number of nitrogens with zero attached hydrogens (tertiary/aromatic N) is 1. The van der Waals surface area contributed by atoms with Crippen LogP contribution in [0.25, 0.3) is 0 Å². The predicted molar refractivity (Wildman–Crippen MR) is 63.7 cm³/mol. The van der Waals surface area contributed by atoms with Crippen LogP contribution in [0.2, 0.25) is 0 Å². The molecule has 0 bridgehead atoms. The smallest absolute Gasteiger partial charge is 0.240 e. The van der Waals surface area contributed by atoms with Crippen molar-refractivity contribution in [2.24, 2.45) is 0 Å². The predicted octanol–water partition coefficient (Wildman–Crippen LogP) is 0.854. The van der Waals surface area contributed by atoms with E-state index in [9.17, 15) is 9.59 Å². The van der Waals surface area contributed by atoms with E-state index in [0.29, 0.717) is 12.5 Å². The first kappa shape index (κ1) is 10.3. The standard InChI is InChI=1S/C13H14N2O2/c16-12(14-10-5-6-10)8-15-11-4-2-1-3-9(11)7-13(15)17/h1-4,10H,5-8H2,(H,14,16). The average molecular weight is 230 g/mol. The van der Waals surface area contributed by atoms with Gasteiger partial charge in [0.05, 0.1) is 6.42 Å². The van der Waals surface area contributed by atoms with Crippen LogP contribution in [-0.4, -0.2) is 24.4 Å². The maximum absolute atomic E-state index is 11.8. The minimum atomic E-state index is -0.0578. The number of benzene rings is 1. The normalized spacial score (nSPS) is 18.1. The van der Waals surface area contributed by atoms with E-state index in [1.807, 2.05) is 24.3 Å². The molecule has 17 heavy (non-hydrogen) atoms. The summed E-state index contributed by atoms with van der Waals surface area (Å²) in [6, 6.07) is 7.98. The molecule has 1 N–H and O–H groups in total. The van der Waals surface area contributed by atoms with E-state index in [1.54, 1.807) is 4.90 Å². The third-order valence-electron chi connectivity index (χ3n) is 3.17. The lowest BCUT2D eigenvalue weighted by molar-refractivity contribution is -0.123. The molecule has 1 heterocycles. The Morgan fingerprint density at radius 2 is 2.12 bits per heavy atom. The maximum Gasteiger partial charge on any atom is 0.240 e. The van der Waals surface area contributed by atoms with Crippen molar-refractivity contribution in [3.8, 4) is 0 Å². The SMILES string of the molecule is O=C(CN1C(=O)Cc2ccccc21)NC1CC1. The third-order valence-corrected chi connectivity index (χ3v) is 3.17.